The van der Waals surface area contributed by atoms with Crippen molar-refractivity contribution in [3.05, 3.63) is 51.7 Å². The summed E-state index contributed by atoms with van der Waals surface area (Å²) in [6, 6.07) is 5.29. The molecule has 1 heterocycles. The molecule has 0 aliphatic rings. The van der Waals surface area contributed by atoms with Gasteiger partial charge in [-0.2, -0.15) is 5.10 Å². The Morgan fingerprint density at radius 3 is 2.89 bits per heavy atom. The summed E-state index contributed by atoms with van der Waals surface area (Å²) in [6.45, 7) is 0. The van der Waals surface area contributed by atoms with Gasteiger partial charge in [0, 0.05) is 22.9 Å². The summed E-state index contributed by atoms with van der Waals surface area (Å²) in [5.41, 5.74) is 1.32. The molecule has 0 saturated heterocycles. The van der Waals surface area contributed by atoms with Gasteiger partial charge in [-0.1, -0.05) is 17.7 Å². The fourth-order valence-corrected chi connectivity index (χ4v) is 2.00. The van der Waals surface area contributed by atoms with E-state index in [1.54, 1.807) is 29.2 Å². The van der Waals surface area contributed by atoms with Crippen LogP contribution < -0.4 is 0 Å². The highest BCUT2D eigenvalue weighted by molar-refractivity contribution is 9.10. The van der Waals surface area contributed by atoms with Gasteiger partial charge in [-0.25, -0.2) is 9.48 Å². The van der Waals surface area contributed by atoms with Crippen LogP contribution in [0.1, 0.15) is 5.56 Å². The summed E-state index contributed by atoms with van der Waals surface area (Å²) in [5.74, 6) is -1.03. The number of aliphatic carboxylic acids is 1. The molecule has 0 amide bonds. The molecule has 92 valence electrons. The summed E-state index contributed by atoms with van der Waals surface area (Å²) in [6.07, 6.45) is 5.91. The lowest BCUT2D eigenvalue weighted by Crippen LogP contribution is -1.98. The van der Waals surface area contributed by atoms with Gasteiger partial charge in [-0.05, 0) is 34.1 Å². The van der Waals surface area contributed by atoms with E-state index in [2.05, 4.69) is 21.0 Å². The highest BCUT2D eigenvalue weighted by Crippen LogP contribution is 2.25. The third kappa shape index (κ3) is 2.80. The van der Waals surface area contributed by atoms with Crippen molar-refractivity contribution in [2.24, 2.45) is 0 Å². The SMILES string of the molecule is O=C(O)/C=C/c1c(Cl)cccc1-n1cc(Br)cn1. The van der Waals surface area contributed by atoms with Gasteiger partial charge in [0.05, 0.1) is 16.4 Å². The first kappa shape index (κ1) is 12.9. The van der Waals surface area contributed by atoms with Crippen LogP contribution in [0.25, 0.3) is 11.8 Å². The number of rotatable bonds is 3. The molecule has 0 fully saturated rings. The topological polar surface area (TPSA) is 55.1 Å². The highest BCUT2D eigenvalue weighted by Gasteiger charge is 2.07. The van der Waals surface area contributed by atoms with E-state index in [0.29, 0.717) is 16.3 Å². The Kier molecular flexibility index (Phi) is 3.84. The van der Waals surface area contributed by atoms with E-state index in [1.165, 1.54) is 6.08 Å². The van der Waals surface area contributed by atoms with Crippen LogP contribution in [0.15, 0.2) is 41.1 Å². The summed E-state index contributed by atoms with van der Waals surface area (Å²) in [7, 11) is 0. The van der Waals surface area contributed by atoms with Crippen molar-refractivity contribution in [2.75, 3.05) is 0 Å². The second-order valence-corrected chi connectivity index (χ2v) is 4.77. The van der Waals surface area contributed by atoms with Gasteiger partial charge in [0.25, 0.3) is 0 Å². The van der Waals surface area contributed by atoms with E-state index in [-0.39, 0.29) is 0 Å². The number of carbonyl (C=O) groups is 1. The fourth-order valence-electron chi connectivity index (χ4n) is 1.48. The van der Waals surface area contributed by atoms with E-state index < -0.39 is 5.97 Å². The first-order valence-electron chi connectivity index (χ1n) is 4.98. The quantitative estimate of drug-likeness (QED) is 0.879. The van der Waals surface area contributed by atoms with Crippen molar-refractivity contribution in [3.63, 3.8) is 0 Å². The molecule has 0 atom stereocenters. The van der Waals surface area contributed by atoms with Gasteiger partial charge >= 0.3 is 5.97 Å². The number of aromatic nitrogens is 2. The third-order valence-corrected chi connectivity index (χ3v) is 2.96. The normalized spacial score (nSPS) is 11.0. The Labute approximate surface area is 117 Å². The molecule has 0 saturated carbocycles. The number of hydrogen-bond acceptors (Lipinski definition) is 2. The van der Waals surface area contributed by atoms with Crippen LogP contribution in [0.4, 0.5) is 0 Å². The molecule has 18 heavy (non-hydrogen) atoms. The van der Waals surface area contributed by atoms with Crippen LogP contribution in [-0.4, -0.2) is 20.9 Å². The number of hydrogen-bond donors (Lipinski definition) is 1. The summed E-state index contributed by atoms with van der Waals surface area (Å²) < 4.78 is 2.45. The maximum Gasteiger partial charge on any atom is 0.328 e. The maximum absolute atomic E-state index is 10.6. The number of carboxylic acids is 1. The number of benzene rings is 1. The molecule has 0 radical (unpaired) electrons. The maximum atomic E-state index is 10.6. The first-order chi connectivity index (χ1) is 8.58. The van der Waals surface area contributed by atoms with Crippen molar-refractivity contribution in [2.45, 2.75) is 0 Å². The zero-order valence-corrected chi connectivity index (χ0v) is 11.4. The number of halogens is 2. The predicted octanol–water partition coefficient (Wildman–Crippen LogP) is 3.39. The van der Waals surface area contributed by atoms with Crippen LogP contribution in [-0.2, 0) is 4.79 Å². The fraction of sp³-hybridized carbons (Fsp3) is 0. The zero-order chi connectivity index (χ0) is 13.1. The summed E-state index contributed by atoms with van der Waals surface area (Å²) in [4.78, 5) is 10.6. The van der Waals surface area contributed by atoms with E-state index in [0.717, 1.165) is 10.5 Å². The molecule has 1 aromatic carbocycles. The molecule has 1 N–H and O–H groups in total. The molecule has 4 nitrogen and oxygen atoms in total. The van der Waals surface area contributed by atoms with Gasteiger partial charge in [0.15, 0.2) is 0 Å². The van der Waals surface area contributed by atoms with Gasteiger partial charge in [0.1, 0.15) is 0 Å². The Morgan fingerprint density at radius 2 is 2.28 bits per heavy atom. The molecule has 0 aliphatic carbocycles. The zero-order valence-electron chi connectivity index (χ0n) is 9.05. The minimum absolute atomic E-state index is 0.469. The lowest BCUT2D eigenvalue weighted by molar-refractivity contribution is -0.131. The molecule has 0 bridgehead atoms. The van der Waals surface area contributed by atoms with Gasteiger partial charge < -0.3 is 5.11 Å². The molecule has 2 aromatic rings. The van der Waals surface area contributed by atoms with Crippen LogP contribution in [0.3, 0.4) is 0 Å². The molecule has 0 aliphatic heterocycles. The van der Waals surface area contributed by atoms with E-state index in [1.807, 2.05) is 6.07 Å². The molecule has 2 rings (SSSR count). The first-order valence-corrected chi connectivity index (χ1v) is 6.15. The summed E-state index contributed by atoms with van der Waals surface area (Å²) in [5, 5.41) is 13.3. The van der Waals surface area contributed by atoms with Gasteiger partial charge in [0.2, 0.25) is 0 Å². The predicted molar refractivity (Wildman–Crippen MR) is 72.9 cm³/mol. The Hall–Kier alpha value is -1.59. The average Bonchev–Trinajstić information content (AvgIpc) is 2.73. The largest absolute Gasteiger partial charge is 0.478 e. The minimum atomic E-state index is -1.03. The monoisotopic (exact) mass is 326 g/mol. The van der Waals surface area contributed by atoms with Crippen LogP contribution in [0.2, 0.25) is 5.02 Å². The lowest BCUT2D eigenvalue weighted by Gasteiger charge is -2.07. The smallest absolute Gasteiger partial charge is 0.328 e. The van der Waals surface area contributed by atoms with Crippen molar-refractivity contribution < 1.29 is 9.90 Å². The minimum Gasteiger partial charge on any atom is -0.478 e. The number of carboxylic acid groups (broad SMARTS) is 1. The average molecular weight is 328 g/mol. The second-order valence-electron chi connectivity index (χ2n) is 3.45. The molecule has 6 heteroatoms. The second kappa shape index (κ2) is 5.37. The van der Waals surface area contributed by atoms with Crippen molar-refractivity contribution >= 4 is 39.6 Å². The van der Waals surface area contributed by atoms with E-state index in [9.17, 15) is 4.79 Å². The Balaban J connectivity index is 2.54. The molecular weight excluding hydrogens is 320 g/mol. The van der Waals surface area contributed by atoms with E-state index >= 15 is 0 Å². The van der Waals surface area contributed by atoms with Crippen molar-refractivity contribution in [3.8, 4) is 5.69 Å². The van der Waals surface area contributed by atoms with Crippen molar-refractivity contribution in [1.82, 2.24) is 9.78 Å². The van der Waals surface area contributed by atoms with Crippen LogP contribution in [0, 0.1) is 0 Å². The molecule has 0 spiro atoms. The van der Waals surface area contributed by atoms with Crippen LogP contribution >= 0.6 is 27.5 Å². The lowest BCUT2D eigenvalue weighted by atomic mass is 10.1. The molecule has 0 unspecified atom stereocenters. The van der Waals surface area contributed by atoms with E-state index in [4.69, 9.17) is 16.7 Å². The summed E-state index contributed by atoms with van der Waals surface area (Å²) >= 11 is 9.38. The highest BCUT2D eigenvalue weighted by atomic mass is 79.9. The Morgan fingerprint density at radius 1 is 1.50 bits per heavy atom. The Bertz CT molecular complexity index is 622. The molecular formula is C12H8BrClN2O2. The standard InChI is InChI=1S/C12H8BrClN2O2/c13-8-6-15-16(7-8)11-3-1-2-10(14)9(11)4-5-12(17)18/h1-7H,(H,17,18)/b5-4+. The van der Waals surface area contributed by atoms with Crippen molar-refractivity contribution in [1.29, 1.82) is 0 Å². The number of nitrogens with zero attached hydrogens (tertiary/aromatic N) is 2. The van der Waals surface area contributed by atoms with Gasteiger partial charge in [-0.3, -0.25) is 0 Å². The van der Waals surface area contributed by atoms with Crippen LogP contribution in [0.5, 0.6) is 0 Å². The van der Waals surface area contributed by atoms with Gasteiger partial charge in [-0.15, -0.1) is 0 Å². The molecule has 1 aromatic heterocycles. The third-order valence-electron chi connectivity index (χ3n) is 2.22.